The average molecular weight is 571 g/mol. The lowest BCUT2D eigenvalue weighted by atomic mass is 9.78. The van der Waals surface area contributed by atoms with Crippen LogP contribution in [-0.2, 0) is 42.9 Å². The Morgan fingerprint density at radius 1 is 1.25 bits per heavy atom. The van der Waals surface area contributed by atoms with Crippen LogP contribution in [-0.4, -0.2) is 105 Å². The van der Waals surface area contributed by atoms with Gasteiger partial charge in [-0.25, -0.2) is 4.79 Å². The predicted octanol–water partition coefficient (Wildman–Crippen LogP) is 2.24. The Labute approximate surface area is 231 Å². The summed E-state index contributed by atoms with van der Waals surface area (Å²) in [6, 6.07) is 1.20. The first kappa shape index (κ1) is 29.0. The first-order valence-corrected chi connectivity index (χ1v) is 13.8. The highest BCUT2D eigenvalue weighted by molar-refractivity contribution is 5.86. The van der Waals surface area contributed by atoms with Gasteiger partial charge in [-0.05, 0) is 36.8 Å². The van der Waals surface area contributed by atoms with Crippen molar-refractivity contribution in [2.24, 2.45) is 11.3 Å². The SMILES string of the molecule is COCCOC(=O)N1C[C@@H]2C[C@@H](NC3CCOCC3OC)C[C@]2(C(=O)N2CCc3ncc(C(F)(F)F)cc3C2)C1. The monoisotopic (exact) mass is 570 g/mol. The molecule has 5 atom stereocenters. The average Bonchev–Trinajstić information content (AvgIpc) is 3.47. The van der Waals surface area contributed by atoms with Crippen molar-refractivity contribution in [1.29, 1.82) is 0 Å². The van der Waals surface area contributed by atoms with Crippen LogP contribution in [0.4, 0.5) is 18.0 Å². The lowest BCUT2D eigenvalue weighted by Crippen LogP contribution is -2.52. The summed E-state index contributed by atoms with van der Waals surface area (Å²) in [5.41, 5.74) is -0.694. The van der Waals surface area contributed by atoms with Gasteiger partial charge >= 0.3 is 12.3 Å². The van der Waals surface area contributed by atoms with Gasteiger partial charge in [0, 0.05) is 77.4 Å². The molecule has 0 aromatic carbocycles. The van der Waals surface area contributed by atoms with Gasteiger partial charge in [0.2, 0.25) is 5.91 Å². The highest BCUT2D eigenvalue weighted by Crippen LogP contribution is 2.51. The largest absolute Gasteiger partial charge is 0.447 e. The summed E-state index contributed by atoms with van der Waals surface area (Å²) in [4.78, 5) is 34.4. The lowest BCUT2D eigenvalue weighted by Gasteiger charge is -2.37. The van der Waals surface area contributed by atoms with Gasteiger partial charge in [0.25, 0.3) is 0 Å². The van der Waals surface area contributed by atoms with E-state index in [0.29, 0.717) is 56.8 Å². The van der Waals surface area contributed by atoms with Crippen molar-refractivity contribution >= 4 is 12.0 Å². The molecule has 13 heteroatoms. The van der Waals surface area contributed by atoms with Crippen LogP contribution in [0, 0.1) is 11.3 Å². The Kier molecular flexibility index (Phi) is 8.55. The number of halogens is 3. The van der Waals surface area contributed by atoms with Crippen molar-refractivity contribution in [3.63, 3.8) is 0 Å². The van der Waals surface area contributed by atoms with Gasteiger partial charge < -0.3 is 34.1 Å². The number of alkyl halides is 3. The van der Waals surface area contributed by atoms with Gasteiger partial charge in [0.15, 0.2) is 0 Å². The van der Waals surface area contributed by atoms with Crippen LogP contribution in [0.1, 0.15) is 36.1 Å². The molecule has 10 nitrogen and oxygen atoms in total. The molecule has 5 rings (SSSR count). The van der Waals surface area contributed by atoms with E-state index in [4.69, 9.17) is 18.9 Å². The molecule has 3 aliphatic heterocycles. The van der Waals surface area contributed by atoms with E-state index in [1.807, 2.05) is 0 Å². The number of aromatic nitrogens is 1. The van der Waals surface area contributed by atoms with Crippen molar-refractivity contribution in [2.75, 3.05) is 60.3 Å². The first-order valence-electron chi connectivity index (χ1n) is 13.8. The number of nitrogens with zero attached hydrogens (tertiary/aromatic N) is 3. The van der Waals surface area contributed by atoms with E-state index >= 15 is 0 Å². The number of carbonyl (C=O) groups excluding carboxylic acids is 2. The Balaban J connectivity index is 1.35. The molecule has 222 valence electrons. The van der Waals surface area contributed by atoms with E-state index in [1.54, 1.807) is 16.9 Å². The maximum atomic E-state index is 14.3. The fourth-order valence-electron chi connectivity index (χ4n) is 6.78. The number of ether oxygens (including phenoxy) is 4. The Bertz CT molecular complexity index is 1090. The molecule has 0 spiro atoms. The van der Waals surface area contributed by atoms with Gasteiger partial charge in [-0.2, -0.15) is 13.2 Å². The molecule has 4 heterocycles. The van der Waals surface area contributed by atoms with Crippen molar-refractivity contribution in [3.8, 4) is 0 Å². The van der Waals surface area contributed by atoms with Crippen LogP contribution in [0.25, 0.3) is 0 Å². The van der Waals surface area contributed by atoms with Gasteiger partial charge in [-0.3, -0.25) is 9.78 Å². The Morgan fingerprint density at radius 2 is 2.08 bits per heavy atom. The van der Waals surface area contributed by atoms with E-state index < -0.39 is 23.2 Å². The molecule has 2 amide bonds. The zero-order chi connectivity index (χ0) is 28.5. The molecular weight excluding hydrogens is 533 g/mol. The van der Waals surface area contributed by atoms with E-state index in [-0.39, 0.29) is 56.3 Å². The number of methoxy groups -OCH3 is 2. The van der Waals surface area contributed by atoms with E-state index in [1.165, 1.54) is 7.11 Å². The fourth-order valence-corrected chi connectivity index (χ4v) is 6.78. The first-order chi connectivity index (χ1) is 19.1. The fraction of sp³-hybridized carbons (Fsp3) is 0.741. The maximum absolute atomic E-state index is 14.3. The van der Waals surface area contributed by atoms with Gasteiger partial charge in [-0.15, -0.1) is 0 Å². The van der Waals surface area contributed by atoms with E-state index in [0.717, 1.165) is 18.7 Å². The second kappa shape index (κ2) is 11.8. The van der Waals surface area contributed by atoms with Crippen LogP contribution >= 0.6 is 0 Å². The molecule has 1 aromatic rings. The van der Waals surface area contributed by atoms with Crippen LogP contribution in [0.15, 0.2) is 12.3 Å². The summed E-state index contributed by atoms with van der Waals surface area (Å²) in [5, 5.41) is 3.69. The number of likely N-dealkylation sites (tertiary alicyclic amines) is 1. The Morgan fingerprint density at radius 3 is 2.83 bits per heavy atom. The third-order valence-electron chi connectivity index (χ3n) is 8.78. The third-order valence-corrected chi connectivity index (χ3v) is 8.78. The standard InChI is InChI=1S/C27H37F3N4O6/c1-37-7-8-40-25(36)34-14-19-10-20(32-22-4-6-39-15-23(22)38-2)11-26(19,16-34)24(35)33-5-3-21-17(13-33)9-18(12-31-21)27(28,29)30/h9,12,19-20,22-23,32H,3-8,10-11,13-16H2,1-2H3/t19-,20+,22?,23?,26-/m0/s1. The number of pyridine rings is 1. The number of hydrogen-bond acceptors (Lipinski definition) is 8. The molecule has 0 radical (unpaired) electrons. The molecule has 1 aliphatic carbocycles. The van der Waals surface area contributed by atoms with Crippen LogP contribution in [0.5, 0.6) is 0 Å². The molecule has 2 saturated heterocycles. The molecule has 0 bridgehead atoms. The second-order valence-corrected chi connectivity index (χ2v) is 11.2. The summed E-state index contributed by atoms with van der Waals surface area (Å²) >= 11 is 0. The minimum absolute atomic E-state index is 0.0249. The predicted molar refractivity (Wildman–Crippen MR) is 135 cm³/mol. The lowest BCUT2D eigenvalue weighted by molar-refractivity contribution is -0.143. The summed E-state index contributed by atoms with van der Waals surface area (Å²) < 4.78 is 61.5. The zero-order valence-corrected chi connectivity index (χ0v) is 22.9. The van der Waals surface area contributed by atoms with Gasteiger partial charge in [0.1, 0.15) is 6.61 Å². The van der Waals surface area contributed by atoms with Crippen molar-refractivity contribution in [3.05, 3.63) is 29.1 Å². The number of nitrogens with one attached hydrogen (secondary N) is 1. The normalized spacial score (nSPS) is 30.2. The minimum Gasteiger partial charge on any atom is -0.447 e. The molecule has 3 fully saturated rings. The molecule has 40 heavy (non-hydrogen) atoms. The number of carbonyl (C=O) groups is 2. The molecule has 1 saturated carbocycles. The molecule has 2 unspecified atom stereocenters. The maximum Gasteiger partial charge on any atom is 0.417 e. The highest BCUT2D eigenvalue weighted by atomic mass is 19.4. The number of amides is 2. The second-order valence-electron chi connectivity index (χ2n) is 11.2. The van der Waals surface area contributed by atoms with Crippen LogP contribution < -0.4 is 5.32 Å². The summed E-state index contributed by atoms with van der Waals surface area (Å²) in [5.74, 6) is -0.248. The van der Waals surface area contributed by atoms with Crippen molar-refractivity contribution in [2.45, 2.75) is 56.6 Å². The summed E-state index contributed by atoms with van der Waals surface area (Å²) in [6.07, 6.45) is -1.88. The molecule has 1 N–H and O–H groups in total. The summed E-state index contributed by atoms with van der Waals surface area (Å²) in [7, 11) is 3.17. The molecule has 4 aliphatic rings. The zero-order valence-electron chi connectivity index (χ0n) is 22.9. The number of hydrogen-bond donors (Lipinski definition) is 1. The van der Waals surface area contributed by atoms with E-state index in [9.17, 15) is 22.8 Å². The summed E-state index contributed by atoms with van der Waals surface area (Å²) in [6.45, 7) is 2.50. The quantitative estimate of drug-likeness (QED) is 0.499. The number of fused-ring (bicyclic) bond motifs is 2. The Hall–Kier alpha value is -2.48. The van der Waals surface area contributed by atoms with Gasteiger partial charge in [-0.1, -0.05) is 0 Å². The third kappa shape index (κ3) is 5.79. The molecular formula is C27H37F3N4O6. The van der Waals surface area contributed by atoms with E-state index in [2.05, 4.69) is 10.3 Å². The van der Waals surface area contributed by atoms with Crippen LogP contribution in [0.2, 0.25) is 0 Å². The van der Waals surface area contributed by atoms with Crippen molar-refractivity contribution in [1.82, 2.24) is 20.1 Å². The topological polar surface area (TPSA) is 102 Å². The number of rotatable bonds is 7. The van der Waals surface area contributed by atoms with Crippen molar-refractivity contribution < 1.29 is 41.7 Å². The van der Waals surface area contributed by atoms with Gasteiger partial charge in [0.05, 0.1) is 30.3 Å². The molecule has 1 aromatic heterocycles. The smallest absolute Gasteiger partial charge is 0.417 e. The minimum atomic E-state index is -4.51. The van der Waals surface area contributed by atoms with Crippen LogP contribution in [0.3, 0.4) is 0 Å². The highest BCUT2D eigenvalue weighted by Gasteiger charge is 2.60.